The van der Waals surface area contributed by atoms with Gasteiger partial charge in [0.05, 0.1) is 16.8 Å². The van der Waals surface area contributed by atoms with Gasteiger partial charge in [-0.05, 0) is 74.3 Å². The second-order valence-electron chi connectivity index (χ2n) is 13.2. The zero-order valence-electron chi connectivity index (χ0n) is 26.6. The molecule has 0 radical (unpaired) electrons. The number of anilines is 3. The molecule has 9 aromatic rings. The molecule has 0 saturated carbocycles. The fourth-order valence-electron chi connectivity index (χ4n) is 8.96. The van der Waals surface area contributed by atoms with Gasteiger partial charge in [0.1, 0.15) is 0 Å². The fraction of sp³-hybridized carbons (Fsp3) is 0.0213. The first-order valence-corrected chi connectivity index (χ1v) is 17.8. The summed E-state index contributed by atoms with van der Waals surface area (Å²) < 4.78 is 1.33. The molecule has 1 aromatic heterocycles. The van der Waals surface area contributed by atoms with Crippen molar-refractivity contribution in [3.05, 3.63) is 197 Å². The number of para-hydroxylation sites is 1. The van der Waals surface area contributed by atoms with Gasteiger partial charge in [0.2, 0.25) is 0 Å². The van der Waals surface area contributed by atoms with Crippen LogP contribution in [0.1, 0.15) is 21.6 Å². The maximum Gasteiger partial charge on any atom is 0.0820 e. The van der Waals surface area contributed by atoms with E-state index >= 15 is 0 Å². The van der Waals surface area contributed by atoms with E-state index in [-0.39, 0.29) is 0 Å². The van der Waals surface area contributed by atoms with E-state index in [9.17, 15) is 0 Å². The molecule has 0 aliphatic heterocycles. The van der Waals surface area contributed by atoms with E-state index in [4.69, 9.17) is 0 Å². The van der Waals surface area contributed by atoms with Crippen LogP contribution in [0.25, 0.3) is 53.9 Å². The molecule has 0 amide bonds. The van der Waals surface area contributed by atoms with Crippen molar-refractivity contribution in [1.29, 1.82) is 0 Å². The normalized spacial score (nSPS) is 13.5. The van der Waals surface area contributed by atoms with E-state index in [1.165, 1.54) is 86.8 Å². The molecule has 2 aliphatic rings. The number of fused-ring (bicyclic) bond motifs is 15. The SMILES string of the molecule is c1ccc(N(c2cccc3c2-c2c(sc4ccccc24)C32c3ccccc3-c3ccccc32)c2cc3ccccc3c3ccccc23)cc1. The van der Waals surface area contributed by atoms with Crippen molar-refractivity contribution in [3.8, 4) is 22.3 Å². The molecule has 0 atom stereocenters. The second-order valence-corrected chi connectivity index (χ2v) is 14.2. The first-order valence-electron chi connectivity index (χ1n) is 16.9. The highest BCUT2D eigenvalue weighted by molar-refractivity contribution is 7.20. The van der Waals surface area contributed by atoms with E-state index in [1.807, 2.05) is 11.3 Å². The van der Waals surface area contributed by atoms with E-state index in [0.717, 1.165) is 5.69 Å². The van der Waals surface area contributed by atoms with Crippen LogP contribution < -0.4 is 4.90 Å². The van der Waals surface area contributed by atoms with Crippen molar-refractivity contribution in [2.45, 2.75) is 5.41 Å². The van der Waals surface area contributed by atoms with E-state index in [2.05, 4.69) is 181 Å². The van der Waals surface area contributed by atoms with Crippen LogP contribution in [0.3, 0.4) is 0 Å². The number of thiophene rings is 1. The molecule has 1 spiro atoms. The maximum absolute atomic E-state index is 2.52. The molecule has 49 heavy (non-hydrogen) atoms. The summed E-state index contributed by atoms with van der Waals surface area (Å²) in [5.74, 6) is 0. The number of hydrogen-bond donors (Lipinski definition) is 0. The number of benzene rings is 8. The molecule has 11 rings (SSSR count). The van der Waals surface area contributed by atoms with Crippen molar-refractivity contribution in [3.63, 3.8) is 0 Å². The van der Waals surface area contributed by atoms with Crippen molar-refractivity contribution in [2.24, 2.45) is 0 Å². The van der Waals surface area contributed by atoms with Crippen LogP contribution in [0.15, 0.2) is 176 Å². The Kier molecular flexibility index (Phi) is 5.53. The van der Waals surface area contributed by atoms with Gasteiger partial charge in [0.25, 0.3) is 0 Å². The van der Waals surface area contributed by atoms with Crippen molar-refractivity contribution < 1.29 is 0 Å². The minimum atomic E-state index is -0.397. The molecule has 2 aliphatic carbocycles. The third-order valence-corrected chi connectivity index (χ3v) is 12.1. The summed E-state index contributed by atoms with van der Waals surface area (Å²) in [6.45, 7) is 0. The molecule has 8 aromatic carbocycles. The van der Waals surface area contributed by atoms with Gasteiger partial charge in [-0.2, -0.15) is 0 Å². The minimum absolute atomic E-state index is 0.397. The predicted octanol–water partition coefficient (Wildman–Crippen LogP) is 13.0. The molecule has 1 heterocycles. The molecule has 0 unspecified atom stereocenters. The van der Waals surface area contributed by atoms with Crippen LogP contribution in [0, 0.1) is 0 Å². The summed E-state index contributed by atoms with van der Waals surface area (Å²) in [4.78, 5) is 3.94. The predicted molar refractivity (Wildman–Crippen MR) is 208 cm³/mol. The van der Waals surface area contributed by atoms with Crippen molar-refractivity contribution in [1.82, 2.24) is 0 Å². The van der Waals surface area contributed by atoms with Crippen LogP contribution in [0.2, 0.25) is 0 Å². The lowest BCUT2D eigenvalue weighted by Crippen LogP contribution is -2.25. The van der Waals surface area contributed by atoms with E-state index in [1.54, 1.807) is 0 Å². The van der Waals surface area contributed by atoms with Gasteiger partial charge >= 0.3 is 0 Å². The lowest BCUT2D eigenvalue weighted by molar-refractivity contribution is 0.811. The first-order chi connectivity index (χ1) is 24.3. The molecule has 228 valence electrons. The summed E-state index contributed by atoms with van der Waals surface area (Å²) in [7, 11) is 0. The topological polar surface area (TPSA) is 3.24 Å². The Balaban J connectivity index is 1.31. The third kappa shape index (κ3) is 3.49. The molecule has 2 heteroatoms. The molecule has 1 nitrogen and oxygen atoms in total. The average Bonchev–Trinajstić information content (AvgIpc) is 3.79. The van der Waals surface area contributed by atoms with Crippen LogP contribution in [0.5, 0.6) is 0 Å². The second kappa shape index (κ2) is 10.0. The lowest BCUT2D eigenvalue weighted by Gasteiger charge is -2.32. The molecular formula is C47H29NS. The van der Waals surface area contributed by atoms with Crippen LogP contribution in [-0.2, 0) is 5.41 Å². The Labute approximate surface area is 289 Å². The van der Waals surface area contributed by atoms with Gasteiger partial charge in [-0.3, -0.25) is 0 Å². The molecular weight excluding hydrogens is 611 g/mol. The Morgan fingerprint density at radius 1 is 0.408 bits per heavy atom. The molecule has 0 fully saturated rings. The van der Waals surface area contributed by atoms with Gasteiger partial charge in [-0.1, -0.05) is 146 Å². The first kappa shape index (κ1) is 27.0. The molecule has 0 saturated heterocycles. The van der Waals surface area contributed by atoms with Crippen LogP contribution in [0.4, 0.5) is 17.1 Å². The van der Waals surface area contributed by atoms with Gasteiger partial charge in [-0.25, -0.2) is 0 Å². The van der Waals surface area contributed by atoms with E-state index < -0.39 is 5.41 Å². The minimum Gasteiger partial charge on any atom is -0.309 e. The largest absolute Gasteiger partial charge is 0.309 e. The fourth-order valence-corrected chi connectivity index (χ4v) is 10.4. The zero-order chi connectivity index (χ0) is 32.1. The van der Waals surface area contributed by atoms with Gasteiger partial charge in [0, 0.05) is 37.2 Å². The Hall–Kier alpha value is -5.96. The summed E-state index contributed by atoms with van der Waals surface area (Å²) in [6.07, 6.45) is 0. The Morgan fingerprint density at radius 2 is 1.00 bits per heavy atom. The maximum atomic E-state index is 2.52. The van der Waals surface area contributed by atoms with E-state index in [0.29, 0.717) is 0 Å². The van der Waals surface area contributed by atoms with Gasteiger partial charge in [-0.15, -0.1) is 11.3 Å². The highest BCUT2D eigenvalue weighted by Crippen LogP contribution is 2.67. The summed E-state index contributed by atoms with van der Waals surface area (Å²) in [5.41, 5.74) is 12.6. The van der Waals surface area contributed by atoms with Crippen LogP contribution in [-0.4, -0.2) is 0 Å². The Bertz CT molecular complexity index is 2740. The van der Waals surface area contributed by atoms with Gasteiger partial charge < -0.3 is 4.90 Å². The quantitative estimate of drug-likeness (QED) is 0.174. The highest BCUT2D eigenvalue weighted by Gasteiger charge is 2.54. The number of nitrogens with zero attached hydrogens (tertiary/aromatic N) is 1. The third-order valence-electron chi connectivity index (χ3n) is 10.8. The number of hydrogen-bond acceptors (Lipinski definition) is 2. The lowest BCUT2D eigenvalue weighted by atomic mass is 9.74. The van der Waals surface area contributed by atoms with Gasteiger partial charge in [0.15, 0.2) is 0 Å². The average molecular weight is 640 g/mol. The van der Waals surface area contributed by atoms with Crippen molar-refractivity contribution in [2.75, 3.05) is 4.90 Å². The summed E-state index contributed by atoms with van der Waals surface area (Å²) in [5, 5.41) is 6.34. The van der Waals surface area contributed by atoms with Crippen molar-refractivity contribution >= 4 is 60.0 Å². The molecule has 0 N–H and O–H groups in total. The number of rotatable bonds is 3. The monoisotopic (exact) mass is 639 g/mol. The molecule has 0 bridgehead atoms. The summed E-state index contributed by atoms with van der Waals surface area (Å²) in [6, 6.07) is 65.2. The standard InChI is InChI=1S/C47H29NS/c1-2-16-31(17-3-1)48(42-29-30-15-4-5-18-32(30)33-19-6-7-22-36(33)42)41-27-14-26-40-45(41)44-37-23-10-13-28-43(37)49-46(44)47(40)38-24-11-8-20-34(38)35-21-9-12-25-39(35)47/h1-29H. The Morgan fingerprint density at radius 3 is 1.78 bits per heavy atom. The summed E-state index contributed by atoms with van der Waals surface area (Å²) >= 11 is 1.96. The smallest absolute Gasteiger partial charge is 0.0820 e. The zero-order valence-corrected chi connectivity index (χ0v) is 27.4. The highest BCUT2D eigenvalue weighted by atomic mass is 32.1. The van der Waals surface area contributed by atoms with Crippen LogP contribution >= 0.6 is 11.3 Å².